The van der Waals surface area contributed by atoms with Crippen LogP contribution in [0.25, 0.3) is 0 Å². The third kappa shape index (κ3) is 1.42. The standard InChI is InChI=1S/C7H9NO/c1-2-3-6-4-5-7(9)8-6/h2-3H,1,4-5H2,(H,8,9)/b6-3-. The SMILES string of the molecule is C=C/C=C1/CCC(=O)N1. The third-order valence-corrected chi connectivity index (χ3v) is 1.24. The number of allylic oxidation sites excluding steroid dienone is 3. The lowest BCUT2D eigenvalue weighted by Gasteiger charge is -1.90. The largest absolute Gasteiger partial charge is 0.330 e. The highest BCUT2D eigenvalue weighted by Gasteiger charge is 2.12. The van der Waals surface area contributed by atoms with Crippen molar-refractivity contribution in [1.82, 2.24) is 5.32 Å². The summed E-state index contributed by atoms with van der Waals surface area (Å²) in [5.41, 5.74) is 0.981. The van der Waals surface area contributed by atoms with Crippen LogP contribution < -0.4 is 5.32 Å². The zero-order chi connectivity index (χ0) is 6.69. The first-order valence-corrected chi connectivity index (χ1v) is 2.94. The molecule has 1 N–H and O–H groups in total. The number of carbonyl (C=O) groups is 1. The first-order valence-electron chi connectivity index (χ1n) is 2.94. The van der Waals surface area contributed by atoms with Gasteiger partial charge in [0.25, 0.3) is 0 Å². The van der Waals surface area contributed by atoms with Crippen LogP contribution in [0.15, 0.2) is 24.4 Å². The highest BCUT2D eigenvalue weighted by Crippen LogP contribution is 2.08. The summed E-state index contributed by atoms with van der Waals surface area (Å²) in [5.74, 6) is 0.114. The van der Waals surface area contributed by atoms with Crippen LogP contribution in [0.3, 0.4) is 0 Å². The van der Waals surface area contributed by atoms with E-state index in [1.54, 1.807) is 6.08 Å². The molecule has 0 aliphatic carbocycles. The van der Waals surface area contributed by atoms with Crippen molar-refractivity contribution in [3.63, 3.8) is 0 Å². The van der Waals surface area contributed by atoms with Crippen molar-refractivity contribution in [1.29, 1.82) is 0 Å². The average Bonchev–Trinajstić information content (AvgIpc) is 2.17. The van der Waals surface area contributed by atoms with Gasteiger partial charge in [-0.15, -0.1) is 0 Å². The maximum atomic E-state index is 10.5. The topological polar surface area (TPSA) is 29.1 Å². The Hall–Kier alpha value is -1.05. The monoisotopic (exact) mass is 123 g/mol. The van der Waals surface area contributed by atoms with E-state index in [2.05, 4.69) is 11.9 Å². The first kappa shape index (κ1) is 6.08. The molecular weight excluding hydrogens is 114 g/mol. The Labute approximate surface area is 54.3 Å². The average molecular weight is 123 g/mol. The fourth-order valence-electron chi connectivity index (χ4n) is 0.820. The summed E-state index contributed by atoms with van der Waals surface area (Å²) in [7, 11) is 0. The third-order valence-electron chi connectivity index (χ3n) is 1.24. The van der Waals surface area contributed by atoms with Crippen molar-refractivity contribution < 1.29 is 4.79 Å². The molecule has 1 aliphatic rings. The van der Waals surface area contributed by atoms with E-state index in [0.29, 0.717) is 6.42 Å². The van der Waals surface area contributed by atoms with Gasteiger partial charge in [0.2, 0.25) is 5.91 Å². The minimum Gasteiger partial charge on any atom is -0.330 e. The number of rotatable bonds is 1. The fraction of sp³-hybridized carbons (Fsp3) is 0.286. The van der Waals surface area contributed by atoms with E-state index in [4.69, 9.17) is 0 Å². The molecule has 1 fully saturated rings. The highest BCUT2D eigenvalue weighted by molar-refractivity contribution is 5.81. The van der Waals surface area contributed by atoms with Crippen LogP contribution in [0, 0.1) is 0 Å². The number of carbonyl (C=O) groups excluding carboxylic acids is 1. The van der Waals surface area contributed by atoms with Gasteiger partial charge in [-0.05, 0) is 12.5 Å². The van der Waals surface area contributed by atoms with Crippen LogP contribution in [0.2, 0.25) is 0 Å². The van der Waals surface area contributed by atoms with Crippen molar-refractivity contribution in [2.45, 2.75) is 12.8 Å². The molecule has 0 spiro atoms. The normalized spacial score (nSPS) is 22.2. The van der Waals surface area contributed by atoms with E-state index >= 15 is 0 Å². The number of nitrogens with one attached hydrogen (secondary N) is 1. The lowest BCUT2D eigenvalue weighted by atomic mass is 10.3. The number of amides is 1. The second kappa shape index (κ2) is 2.49. The van der Waals surface area contributed by atoms with E-state index in [-0.39, 0.29) is 5.91 Å². The van der Waals surface area contributed by atoms with E-state index in [1.807, 2.05) is 6.08 Å². The lowest BCUT2D eigenvalue weighted by molar-refractivity contribution is -0.118. The second-order valence-electron chi connectivity index (χ2n) is 1.98. The fourth-order valence-corrected chi connectivity index (χ4v) is 0.820. The van der Waals surface area contributed by atoms with E-state index in [1.165, 1.54) is 0 Å². The zero-order valence-corrected chi connectivity index (χ0v) is 5.18. The van der Waals surface area contributed by atoms with Crippen molar-refractivity contribution >= 4 is 5.91 Å². The Morgan fingerprint density at radius 2 is 2.33 bits per heavy atom. The van der Waals surface area contributed by atoms with Gasteiger partial charge in [0.1, 0.15) is 0 Å². The van der Waals surface area contributed by atoms with E-state index in [0.717, 1.165) is 12.1 Å². The second-order valence-corrected chi connectivity index (χ2v) is 1.98. The molecule has 48 valence electrons. The molecule has 0 aromatic rings. The highest BCUT2D eigenvalue weighted by atomic mass is 16.1. The van der Waals surface area contributed by atoms with Gasteiger partial charge in [0.05, 0.1) is 0 Å². The molecule has 1 heterocycles. The summed E-state index contributed by atoms with van der Waals surface area (Å²) in [5, 5.41) is 2.71. The molecule has 2 nitrogen and oxygen atoms in total. The summed E-state index contributed by atoms with van der Waals surface area (Å²) >= 11 is 0. The van der Waals surface area contributed by atoms with Crippen LogP contribution >= 0.6 is 0 Å². The molecule has 0 saturated carbocycles. The Balaban J connectivity index is 2.57. The molecule has 2 heteroatoms. The van der Waals surface area contributed by atoms with Crippen LogP contribution in [-0.4, -0.2) is 5.91 Å². The van der Waals surface area contributed by atoms with Crippen LogP contribution in [0.1, 0.15) is 12.8 Å². The Morgan fingerprint density at radius 3 is 2.78 bits per heavy atom. The summed E-state index contributed by atoms with van der Waals surface area (Å²) in [6, 6.07) is 0. The lowest BCUT2D eigenvalue weighted by Crippen LogP contribution is -2.11. The predicted molar refractivity (Wildman–Crippen MR) is 35.7 cm³/mol. The molecule has 0 unspecified atom stereocenters. The molecule has 0 radical (unpaired) electrons. The molecule has 0 bridgehead atoms. The molecule has 0 aromatic heterocycles. The molecule has 9 heavy (non-hydrogen) atoms. The minimum absolute atomic E-state index is 0.114. The number of hydrogen-bond acceptors (Lipinski definition) is 1. The van der Waals surface area contributed by atoms with Crippen LogP contribution in [0.5, 0.6) is 0 Å². The van der Waals surface area contributed by atoms with Crippen molar-refractivity contribution in [3.05, 3.63) is 24.4 Å². The van der Waals surface area contributed by atoms with Gasteiger partial charge in [-0.3, -0.25) is 4.79 Å². The summed E-state index contributed by atoms with van der Waals surface area (Å²) in [6.45, 7) is 3.52. The Kier molecular flexibility index (Phi) is 1.68. The first-order chi connectivity index (χ1) is 4.33. The van der Waals surface area contributed by atoms with Gasteiger partial charge >= 0.3 is 0 Å². The summed E-state index contributed by atoms with van der Waals surface area (Å²) in [6.07, 6.45) is 4.97. The van der Waals surface area contributed by atoms with Crippen molar-refractivity contribution in [2.24, 2.45) is 0 Å². The van der Waals surface area contributed by atoms with Crippen LogP contribution in [-0.2, 0) is 4.79 Å². The molecule has 1 rings (SSSR count). The summed E-state index contributed by atoms with van der Waals surface area (Å²) < 4.78 is 0. The maximum Gasteiger partial charge on any atom is 0.224 e. The van der Waals surface area contributed by atoms with E-state index < -0.39 is 0 Å². The van der Waals surface area contributed by atoms with Crippen molar-refractivity contribution in [2.75, 3.05) is 0 Å². The smallest absolute Gasteiger partial charge is 0.224 e. The molecular formula is C7H9NO. The number of hydrogen-bond donors (Lipinski definition) is 1. The van der Waals surface area contributed by atoms with Gasteiger partial charge in [-0.1, -0.05) is 12.7 Å². The molecule has 1 aliphatic heterocycles. The summed E-state index contributed by atoms with van der Waals surface area (Å²) in [4.78, 5) is 10.5. The minimum atomic E-state index is 0.114. The van der Waals surface area contributed by atoms with Crippen molar-refractivity contribution in [3.8, 4) is 0 Å². The van der Waals surface area contributed by atoms with E-state index in [9.17, 15) is 4.79 Å². The predicted octanol–water partition coefficient (Wildman–Crippen LogP) is 0.966. The maximum absolute atomic E-state index is 10.5. The van der Waals surface area contributed by atoms with Crippen LogP contribution in [0.4, 0.5) is 0 Å². The Morgan fingerprint density at radius 1 is 1.56 bits per heavy atom. The van der Waals surface area contributed by atoms with Gasteiger partial charge in [-0.25, -0.2) is 0 Å². The molecule has 0 aromatic carbocycles. The molecule has 1 amide bonds. The molecule has 0 atom stereocenters. The van der Waals surface area contributed by atoms with Gasteiger partial charge in [-0.2, -0.15) is 0 Å². The quantitative estimate of drug-likeness (QED) is 0.553. The van der Waals surface area contributed by atoms with Gasteiger partial charge in [0, 0.05) is 12.1 Å². The Bertz CT molecular complexity index is 170. The zero-order valence-electron chi connectivity index (χ0n) is 5.18. The van der Waals surface area contributed by atoms with Gasteiger partial charge in [0.15, 0.2) is 0 Å². The van der Waals surface area contributed by atoms with Gasteiger partial charge < -0.3 is 5.32 Å². The molecule has 1 saturated heterocycles.